The Hall–Kier alpha value is -0.570. The summed E-state index contributed by atoms with van der Waals surface area (Å²) in [7, 11) is 0. The molecule has 0 bridgehead atoms. The molecule has 0 aromatic rings. The second-order valence-electron chi connectivity index (χ2n) is 5.03. The van der Waals surface area contributed by atoms with Crippen LogP contribution in [-0.2, 0) is 4.79 Å². The van der Waals surface area contributed by atoms with Crippen LogP contribution in [0.15, 0.2) is 0 Å². The molecule has 15 heavy (non-hydrogen) atoms. The van der Waals surface area contributed by atoms with E-state index in [1.807, 2.05) is 0 Å². The van der Waals surface area contributed by atoms with Crippen LogP contribution < -0.4 is 10.6 Å². The van der Waals surface area contributed by atoms with Gasteiger partial charge in [0.15, 0.2) is 0 Å². The molecule has 1 saturated heterocycles. The zero-order valence-electron chi connectivity index (χ0n) is 9.64. The minimum absolute atomic E-state index is 0.0530. The maximum absolute atomic E-state index is 12.2. The van der Waals surface area contributed by atoms with E-state index >= 15 is 0 Å². The number of hydrogen-bond donors (Lipinski definition) is 2. The lowest BCUT2D eigenvalue weighted by atomic mass is 9.74. The molecule has 3 nitrogen and oxygen atoms in total. The third kappa shape index (κ3) is 2.51. The summed E-state index contributed by atoms with van der Waals surface area (Å²) in [5.41, 5.74) is -0.0530. The van der Waals surface area contributed by atoms with Crippen LogP contribution in [-0.4, -0.2) is 25.0 Å². The summed E-state index contributed by atoms with van der Waals surface area (Å²) >= 11 is 0. The SMILES string of the molecule is CCCC1(C(=O)NC2CC2)CCNCC1. The van der Waals surface area contributed by atoms with E-state index in [2.05, 4.69) is 17.6 Å². The molecule has 2 fully saturated rings. The van der Waals surface area contributed by atoms with Crippen LogP contribution in [0.2, 0.25) is 0 Å². The van der Waals surface area contributed by atoms with E-state index in [1.165, 1.54) is 12.8 Å². The van der Waals surface area contributed by atoms with Crippen LogP contribution in [0.3, 0.4) is 0 Å². The van der Waals surface area contributed by atoms with Crippen LogP contribution in [0.4, 0.5) is 0 Å². The van der Waals surface area contributed by atoms with E-state index in [0.29, 0.717) is 11.9 Å². The molecule has 1 heterocycles. The Labute approximate surface area is 92.0 Å². The lowest BCUT2D eigenvalue weighted by Crippen LogP contribution is -2.48. The predicted molar refractivity (Wildman–Crippen MR) is 60.6 cm³/mol. The summed E-state index contributed by atoms with van der Waals surface area (Å²) in [5, 5.41) is 6.52. The number of rotatable bonds is 4. The van der Waals surface area contributed by atoms with E-state index in [9.17, 15) is 4.79 Å². The van der Waals surface area contributed by atoms with Crippen LogP contribution in [0.1, 0.15) is 45.4 Å². The fourth-order valence-corrected chi connectivity index (χ4v) is 2.54. The summed E-state index contributed by atoms with van der Waals surface area (Å²) in [6.07, 6.45) is 6.56. The fourth-order valence-electron chi connectivity index (χ4n) is 2.54. The normalized spacial score (nSPS) is 24.9. The first-order valence-electron chi connectivity index (χ1n) is 6.28. The second kappa shape index (κ2) is 4.52. The zero-order valence-corrected chi connectivity index (χ0v) is 9.64. The largest absolute Gasteiger partial charge is 0.353 e. The van der Waals surface area contributed by atoms with E-state index in [0.717, 1.165) is 38.8 Å². The van der Waals surface area contributed by atoms with Crippen molar-refractivity contribution in [1.29, 1.82) is 0 Å². The number of carbonyl (C=O) groups is 1. The van der Waals surface area contributed by atoms with Gasteiger partial charge in [-0.1, -0.05) is 13.3 Å². The van der Waals surface area contributed by atoms with E-state index in [-0.39, 0.29) is 5.41 Å². The molecule has 1 aliphatic carbocycles. The monoisotopic (exact) mass is 210 g/mol. The maximum atomic E-state index is 12.2. The van der Waals surface area contributed by atoms with Crippen molar-refractivity contribution in [3.05, 3.63) is 0 Å². The molecule has 0 radical (unpaired) electrons. The van der Waals surface area contributed by atoms with Crippen molar-refractivity contribution in [2.24, 2.45) is 5.41 Å². The molecule has 0 atom stereocenters. The van der Waals surface area contributed by atoms with Crippen LogP contribution in [0, 0.1) is 5.41 Å². The number of carbonyl (C=O) groups excluding carboxylic acids is 1. The molecule has 2 rings (SSSR count). The lowest BCUT2D eigenvalue weighted by molar-refractivity contribution is -0.133. The molecule has 2 aliphatic rings. The summed E-state index contributed by atoms with van der Waals surface area (Å²) in [6, 6.07) is 0.501. The molecule has 3 heteroatoms. The first-order chi connectivity index (χ1) is 7.27. The van der Waals surface area contributed by atoms with Gasteiger partial charge in [-0.2, -0.15) is 0 Å². The topological polar surface area (TPSA) is 41.1 Å². The number of amides is 1. The average molecular weight is 210 g/mol. The highest BCUT2D eigenvalue weighted by Crippen LogP contribution is 2.35. The summed E-state index contributed by atoms with van der Waals surface area (Å²) < 4.78 is 0. The molecule has 0 aromatic heterocycles. The van der Waals surface area contributed by atoms with Gasteiger partial charge in [0.25, 0.3) is 0 Å². The van der Waals surface area contributed by atoms with Gasteiger partial charge in [-0.05, 0) is 45.2 Å². The van der Waals surface area contributed by atoms with Crippen molar-refractivity contribution in [2.75, 3.05) is 13.1 Å². The quantitative estimate of drug-likeness (QED) is 0.737. The molecule has 0 unspecified atom stereocenters. The highest BCUT2D eigenvalue weighted by Gasteiger charge is 2.40. The van der Waals surface area contributed by atoms with Crippen LogP contribution in [0.25, 0.3) is 0 Å². The summed E-state index contributed by atoms with van der Waals surface area (Å²) in [4.78, 5) is 12.2. The van der Waals surface area contributed by atoms with Gasteiger partial charge in [-0.25, -0.2) is 0 Å². The molecule has 1 saturated carbocycles. The zero-order chi connectivity index (χ0) is 10.7. The Kier molecular flexibility index (Phi) is 3.29. The Bertz CT molecular complexity index is 224. The molecule has 1 aliphatic heterocycles. The van der Waals surface area contributed by atoms with Gasteiger partial charge >= 0.3 is 0 Å². The number of hydrogen-bond acceptors (Lipinski definition) is 2. The number of piperidine rings is 1. The number of nitrogens with one attached hydrogen (secondary N) is 2. The minimum Gasteiger partial charge on any atom is -0.353 e. The fraction of sp³-hybridized carbons (Fsp3) is 0.917. The molecular weight excluding hydrogens is 188 g/mol. The molecule has 0 aromatic carbocycles. The van der Waals surface area contributed by atoms with E-state index in [4.69, 9.17) is 0 Å². The molecule has 86 valence electrons. The van der Waals surface area contributed by atoms with E-state index in [1.54, 1.807) is 0 Å². The van der Waals surface area contributed by atoms with Gasteiger partial charge in [0.05, 0.1) is 5.41 Å². The standard InChI is InChI=1S/C12H22N2O/c1-2-5-12(6-8-13-9-7-12)11(15)14-10-3-4-10/h10,13H,2-9H2,1H3,(H,14,15). The average Bonchev–Trinajstić information content (AvgIpc) is 3.03. The third-order valence-electron chi connectivity index (χ3n) is 3.68. The van der Waals surface area contributed by atoms with Gasteiger partial charge in [0.2, 0.25) is 5.91 Å². The van der Waals surface area contributed by atoms with Crippen LogP contribution >= 0.6 is 0 Å². The second-order valence-corrected chi connectivity index (χ2v) is 5.03. The highest BCUT2D eigenvalue weighted by atomic mass is 16.2. The van der Waals surface area contributed by atoms with Crippen LogP contribution in [0.5, 0.6) is 0 Å². The Morgan fingerprint density at radius 1 is 1.40 bits per heavy atom. The van der Waals surface area contributed by atoms with Gasteiger partial charge in [0.1, 0.15) is 0 Å². The van der Waals surface area contributed by atoms with E-state index < -0.39 is 0 Å². The van der Waals surface area contributed by atoms with Gasteiger partial charge in [0, 0.05) is 6.04 Å². The molecule has 0 spiro atoms. The van der Waals surface area contributed by atoms with Crippen molar-refractivity contribution in [2.45, 2.75) is 51.5 Å². The molecule has 1 amide bonds. The Balaban J connectivity index is 1.98. The first kappa shape index (κ1) is 10.9. The highest BCUT2D eigenvalue weighted by molar-refractivity contribution is 5.83. The minimum atomic E-state index is -0.0530. The smallest absolute Gasteiger partial charge is 0.226 e. The van der Waals surface area contributed by atoms with Gasteiger partial charge in [-0.15, -0.1) is 0 Å². The Morgan fingerprint density at radius 3 is 2.60 bits per heavy atom. The summed E-state index contributed by atoms with van der Waals surface area (Å²) in [6.45, 7) is 4.17. The van der Waals surface area contributed by atoms with Gasteiger partial charge in [-0.3, -0.25) is 4.79 Å². The maximum Gasteiger partial charge on any atom is 0.226 e. The first-order valence-corrected chi connectivity index (χ1v) is 6.28. The predicted octanol–water partition coefficient (Wildman–Crippen LogP) is 1.43. The van der Waals surface area contributed by atoms with Gasteiger partial charge < -0.3 is 10.6 Å². The van der Waals surface area contributed by atoms with Crippen molar-refractivity contribution < 1.29 is 4.79 Å². The van der Waals surface area contributed by atoms with Crippen molar-refractivity contribution >= 4 is 5.91 Å². The van der Waals surface area contributed by atoms with Crippen molar-refractivity contribution in [3.8, 4) is 0 Å². The molecular formula is C12H22N2O. The van der Waals surface area contributed by atoms with Crippen molar-refractivity contribution in [3.63, 3.8) is 0 Å². The molecule has 2 N–H and O–H groups in total. The summed E-state index contributed by atoms with van der Waals surface area (Å²) in [5.74, 6) is 0.327. The lowest BCUT2D eigenvalue weighted by Gasteiger charge is -2.36. The third-order valence-corrected chi connectivity index (χ3v) is 3.68. The van der Waals surface area contributed by atoms with Crippen molar-refractivity contribution in [1.82, 2.24) is 10.6 Å². The Morgan fingerprint density at radius 2 is 2.07 bits per heavy atom.